The third kappa shape index (κ3) is 3.26. The first kappa shape index (κ1) is 15.3. The molecule has 0 aliphatic heterocycles. The summed E-state index contributed by atoms with van der Waals surface area (Å²) in [5, 5.41) is 10.2. The average Bonchev–Trinajstić information content (AvgIpc) is 2.91. The quantitative estimate of drug-likeness (QED) is 0.740. The zero-order chi connectivity index (χ0) is 16.6. The van der Waals surface area contributed by atoms with E-state index in [9.17, 15) is 22.7 Å². The number of alkyl halides is 3. The van der Waals surface area contributed by atoms with Gasteiger partial charge in [0.25, 0.3) is 0 Å². The fraction of sp³-hybridized carbons (Fsp3) is 0.133. The molecule has 1 unspecified atom stereocenters. The maximum absolute atomic E-state index is 13.8. The second-order valence-corrected chi connectivity index (χ2v) is 4.65. The second kappa shape index (κ2) is 5.54. The van der Waals surface area contributed by atoms with Crippen molar-refractivity contribution in [2.75, 3.05) is 0 Å². The summed E-state index contributed by atoms with van der Waals surface area (Å²) < 4.78 is 59.5. The van der Waals surface area contributed by atoms with Crippen LogP contribution in [0, 0.1) is 5.82 Å². The third-order valence-electron chi connectivity index (χ3n) is 3.04. The highest BCUT2D eigenvalue weighted by molar-refractivity contribution is 5.72. The number of ether oxygens (including phenoxy) is 1. The standard InChI is InChI=1S/C15H9F4NO3/c16-10-6-5-8(23-15(17,18)19)7-9(10)13(21)14-20-11-3-1-2-4-12(11)22-14/h1-7,13,21H. The summed E-state index contributed by atoms with van der Waals surface area (Å²) >= 11 is 0. The summed E-state index contributed by atoms with van der Waals surface area (Å²) in [6.07, 6.45) is -6.59. The molecule has 8 heteroatoms. The molecule has 0 aliphatic carbocycles. The Balaban J connectivity index is 1.97. The van der Waals surface area contributed by atoms with Gasteiger partial charge >= 0.3 is 6.36 Å². The van der Waals surface area contributed by atoms with Gasteiger partial charge in [-0.25, -0.2) is 9.37 Å². The Labute approximate surface area is 126 Å². The van der Waals surface area contributed by atoms with Crippen LogP contribution in [-0.4, -0.2) is 16.5 Å². The summed E-state index contributed by atoms with van der Waals surface area (Å²) in [5.74, 6) is -1.78. The van der Waals surface area contributed by atoms with Crippen molar-refractivity contribution in [1.29, 1.82) is 0 Å². The molecular formula is C15H9F4NO3. The van der Waals surface area contributed by atoms with Crippen molar-refractivity contribution in [3.05, 3.63) is 59.7 Å². The summed E-state index contributed by atoms with van der Waals surface area (Å²) in [7, 11) is 0. The molecule has 120 valence electrons. The molecule has 0 saturated carbocycles. The molecular weight excluding hydrogens is 318 g/mol. The lowest BCUT2D eigenvalue weighted by Crippen LogP contribution is -2.17. The van der Waals surface area contributed by atoms with E-state index < -0.39 is 29.6 Å². The van der Waals surface area contributed by atoms with Crippen LogP contribution in [0.3, 0.4) is 0 Å². The summed E-state index contributed by atoms with van der Waals surface area (Å²) in [5.41, 5.74) is 0.368. The highest BCUT2D eigenvalue weighted by Gasteiger charge is 2.32. The van der Waals surface area contributed by atoms with Crippen LogP contribution < -0.4 is 4.74 Å². The average molecular weight is 327 g/mol. The highest BCUT2D eigenvalue weighted by Crippen LogP contribution is 2.31. The number of aromatic nitrogens is 1. The van der Waals surface area contributed by atoms with Crippen molar-refractivity contribution in [1.82, 2.24) is 4.98 Å². The molecule has 2 aromatic carbocycles. The number of oxazole rings is 1. The van der Waals surface area contributed by atoms with E-state index in [0.717, 1.165) is 18.2 Å². The van der Waals surface area contributed by atoms with Gasteiger partial charge in [0, 0.05) is 5.56 Å². The number of benzene rings is 2. The first-order chi connectivity index (χ1) is 10.8. The lowest BCUT2D eigenvalue weighted by molar-refractivity contribution is -0.274. The molecule has 4 nitrogen and oxygen atoms in total. The van der Waals surface area contributed by atoms with E-state index in [4.69, 9.17) is 4.42 Å². The number of rotatable bonds is 3. The molecule has 0 aliphatic rings. The minimum absolute atomic E-state index is 0.228. The monoisotopic (exact) mass is 327 g/mol. The van der Waals surface area contributed by atoms with Gasteiger partial charge in [-0.15, -0.1) is 13.2 Å². The van der Waals surface area contributed by atoms with E-state index in [0.29, 0.717) is 11.1 Å². The zero-order valence-electron chi connectivity index (χ0n) is 11.3. The lowest BCUT2D eigenvalue weighted by atomic mass is 10.1. The second-order valence-electron chi connectivity index (χ2n) is 4.65. The van der Waals surface area contributed by atoms with Gasteiger partial charge < -0.3 is 14.3 Å². The maximum atomic E-state index is 13.8. The van der Waals surface area contributed by atoms with Crippen molar-refractivity contribution in [3.63, 3.8) is 0 Å². The van der Waals surface area contributed by atoms with Crippen LogP contribution >= 0.6 is 0 Å². The molecule has 23 heavy (non-hydrogen) atoms. The molecule has 3 rings (SSSR count). The van der Waals surface area contributed by atoms with Gasteiger partial charge in [0.1, 0.15) is 17.1 Å². The van der Waals surface area contributed by atoms with Crippen LogP contribution in [0.15, 0.2) is 46.9 Å². The van der Waals surface area contributed by atoms with E-state index in [2.05, 4.69) is 9.72 Å². The summed E-state index contributed by atoms with van der Waals surface area (Å²) in [6, 6.07) is 8.92. The van der Waals surface area contributed by atoms with Gasteiger partial charge in [0.05, 0.1) is 0 Å². The van der Waals surface area contributed by atoms with Gasteiger partial charge in [-0.3, -0.25) is 0 Å². The van der Waals surface area contributed by atoms with E-state index >= 15 is 0 Å². The van der Waals surface area contributed by atoms with Gasteiger partial charge in [-0.05, 0) is 30.3 Å². The Kier molecular flexibility index (Phi) is 3.69. The fourth-order valence-electron chi connectivity index (χ4n) is 2.07. The van der Waals surface area contributed by atoms with E-state index in [1.807, 2.05) is 0 Å². The maximum Gasteiger partial charge on any atom is 0.573 e. The highest BCUT2D eigenvalue weighted by atomic mass is 19.4. The lowest BCUT2D eigenvalue weighted by Gasteiger charge is -2.12. The molecule has 0 fully saturated rings. The molecule has 1 heterocycles. The molecule has 3 aromatic rings. The number of aliphatic hydroxyl groups is 1. The minimum Gasteiger partial charge on any atom is -0.437 e. The number of nitrogens with zero attached hydrogens (tertiary/aromatic N) is 1. The number of para-hydroxylation sites is 2. The molecule has 1 atom stereocenters. The SMILES string of the molecule is OC(c1nc2ccccc2o1)c1cc(OC(F)(F)F)ccc1F. The van der Waals surface area contributed by atoms with Crippen LogP contribution in [0.4, 0.5) is 17.6 Å². The predicted molar refractivity (Wildman–Crippen MR) is 71.2 cm³/mol. The smallest absolute Gasteiger partial charge is 0.437 e. The molecule has 0 saturated heterocycles. The van der Waals surface area contributed by atoms with Gasteiger partial charge in [-0.1, -0.05) is 12.1 Å². The number of aliphatic hydroxyl groups excluding tert-OH is 1. The molecule has 0 bridgehead atoms. The Morgan fingerprint density at radius 2 is 1.87 bits per heavy atom. The van der Waals surface area contributed by atoms with E-state index in [1.54, 1.807) is 24.3 Å². The van der Waals surface area contributed by atoms with Crippen molar-refractivity contribution >= 4 is 11.1 Å². The Morgan fingerprint density at radius 3 is 2.57 bits per heavy atom. The summed E-state index contributed by atoms with van der Waals surface area (Å²) in [4.78, 5) is 3.99. The largest absolute Gasteiger partial charge is 0.573 e. The molecule has 0 radical (unpaired) electrons. The van der Waals surface area contributed by atoms with Crippen LogP contribution in [-0.2, 0) is 0 Å². The Morgan fingerprint density at radius 1 is 1.13 bits per heavy atom. The Hall–Kier alpha value is -2.61. The van der Waals surface area contributed by atoms with E-state index in [-0.39, 0.29) is 5.89 Å². The Bertz CT molecular complexity index is 811. The fourth-order valence-corrected chi connectivity index (χ4v) is 2.07. The first-order valence-corrected chi connectivity index (χ1v) is 6.42. The molecule has 0 amide bonds. The minimum atomic E-state index is -4.92. The summed E-state index contributed by atoms with van der Waals surface area (Å²) in [6.45, 7) is 0. The number of halogens is 4. The number of hydrogen-bond acceptors (Lipinski definition) is 4. The number of hydrogen-bond donors (Lipinski definition) is 1. The van der Waals surface area contributed by atoms with Crippen molar-refractivity contribution < 1.29 is 31.8 Å². The molecule has 1 N–H and O–H groups in total. The number of fused-ring (bicyclic) bond motifs is 1. The molecule has 0 spiro atoms. The van der Waals surface area contributed by atoms with Crippen molar-refractivity contribution in [3.8, 4) is 5.75 Å². The van der Waals surface area contributed by atoms with Crippen LogP contribution in [0.1, 0.15) is 17.6 Å². The van der Waals surface area contributed by atoms with Gasteiger partial charge in [0.15, 0.2) is 11.7 Å². The molecule has 1 aromatic heterocycles. The normalized spacial score (nSPS) is 13.3. The van der Waals surface area contributed by atoms with Crippen LogP contribution in [0.5, 0.6) is 5.75 Å². The first-order valence-electron chi connectivity index (χ1n) is 6.42. The van der Waals surface area contributed by atoms with Crippen LogP contribution in [0.25, 0.3) is 11.1 Å². The predicted octanol–water partition coefficient (Wildman–Crippen LogP) is 3.95. The van der Waals surface area contributed by atoms with Gasteiger partial charge in [-0.2, -0.15) is 0 Å². The van der Waals surface area contributed by atoms with Crippen molar-refractivity contribution in [2.24, 2.45) is 0 Å². The topological polar surface area (TPSA) is 55.5 Å². The van der Waals surface area contributed by atoms with Gasteiger partial charge in [0.2, 0.25) is 5.89 Å². The van der Waals surface area contributed by atoms with E-state index in [1.165, 1.54) is 0 Å². The zero-order valence-corrected chi connectivity index (χ0v) is 11.3. The van der Waals surface area contributed by atoms with Crippen molar-refractivity contribution in [2.45, 2.75) is 12.5 Å². The third-order valence-corrected chi connectivity index (χ3v) is 3.04. The van der Waals surface area contributed by atoms with Crippen LogP contribution in [0.2, 0.25) is 0 Å².